The molecular weight excluding hydrogens is 274 g/mol. The van der Waals surface area contributed by atoms with Crippen LogP contribution in [0.1, 0.15) is 29.8 Å². The average Bonchev–Trinajstić information content (AvgIpc) is 2.54. The zero-order valence-electron chi connectivity index (χ0n) is 13.1. The summed E-state index contributed by atoms with van der Waals surface area (Å²) in [6, 6.07) is 15.0. The van der Waals surface area contributed by atoms with Gasteiger partial charge in [-0.2, -0.15) is 0 Å². The summed E-state index contributed by atoms with van der Waals surface area (Å²) in [5.74, 6) is 0.516. The van der Waals surface area contributed by atoms with Crippen LogP contribution in [0.2, 0.25) is 0 Å². The molecule has 0 aromatic heterocycles. The van der Waals surface area contributed by atoms with Crippen LogP contribution in [0.5, 0.6) is 5.75 Å². The van der Waals surface area contributed by atoms with Crippen LogP contribution in [-0.4, -0.2) is 12.5 Å². The Hall–Kier alpha value is -2.55. The van der Waals surface area contributed by atoms with Crippen molar-refractivity contribution in [1.29, 1.82) is 0 Å². The number of rotatable bonds is 6. The lowest BCUT2D eigenvalue weighted by Gasteiger charge is -2.09. The van der Waals surface area contributed by atoms with Crippen LogP contribution in [-0.2, 0) is 6.42 Å². The Morgan fingerprint density at radius 3 is 2.55 bits per heavy atom. The summed E-state index contributed by atoms with van der Waals surface area (Å²) in [5, 5.41) is 2.89. The van der Waals surface area contributed by atoms with Crippen LogP contribution in [0.25, 0.3) is 0 Å². The first-order valence-electron chi connectivity index (χ1n) is 7.36. The highest BCUT2D eigenvalue weighted by atomic mass is 16.5. The molecule has 0 aliphatic carbocycles. The summed E-state index contributed by atoms with van der Waals surface area (Å²) in [4.78, 5) is 12.3. The van der Waals surface area contributed by atoms with Gasteiger partial charge in [-0.1, -0.05) is 31.7 Å². The molecule has 0 aliphatic heterocycles. The third-order valence-electron chi connectivity index (χ3n) is 3.20. The van der Waals surface area contributed by atoms with Gasteiger partial charge in [0.25, 0.3) is 5.91 Å². The van der Waals surface area contributed by atoms with Gasteiger partial charge in [0.05, 0.1) is 0 Å². The number of ether oxygens (including phenoxy) is 1. The van der Waals surface area contributed by atoms with Gasteiger partial charge in [-0.3, -0.25) is 4.79 Å². The summed E-state index contributed by atoms with van der Waals surface area (Å²) in [7, 11) is 0. The molecule has 0 saturated heterocycles. The van der Waals surface area contributed by atoms with Crippen molar-refractivity contribution < 1.29 is 9.53 Å². The van der Waals surface area contributed by atoms with Gasteiger partial charge in [-0.15, -0.1) is 0 Å². The van der Waals surface area contributed by atoms with Crippen molar-refractivity contribution in [1.82, 2.24) is 0 Å². The smallest absolute Gasteiger partial charge is 0.255 e. The lowest BCUT2D eigenvalue weighted by Crippen LogP contribution is -2.12. The molecule has 0 bridgehead atoms. The normalized spacial score (nSPS) is 10.1. The van der Waals surface area contributed by atoms with Crippen LogP contribution in [0, 0.1) is 0 Å². The molecule has 3 nitrogen and oxygen atoms in total. The van der Waals surface area contributed by atoms with Crippen molar-refractivity contribution in [2.24, 2.45) is 0 Å². The van der Waals surface area contributed by atoms with Crippen molar-refractivity contribution in [2.45, 2.75) is 20.3 Å². The predicted molar refractivity (Wildman–Crippen MR) is 90.5 cm³/mol. The van der Waals surface area contributed by atoms with E-state index in [4.69, 9.17) is 4.74 Å². The predicted octanol–water partition coefficient (Wildman–Crippen LogP) is 4.46. The molecule has 0 fully saturated rings. The van der Waals surface area contributed by atoms with Gasteiger partial charge in [0.2, 0.25) is 0 Å². The fraction of sp³-hybridized carbons (Fsp3) is 0.211. The van der Waals surface area contributed by atoms with Crippen molar-refractivity contribution in [3.8, 4) is 5.75 Å². The number of anilines is 1. The van der Waals surface area contributed by atoms with E-state index in [9.17, 15) is 4.79 Å². The number of hydrogen-bond acceptors (Lipinski definition) is 2. The summed E-state index contributed by atoms with van der Waals surface area (Å²) in [5.41, 5.74) is 3.54. The fourth-order valence-corrected chi connectivity index (χ4v) is 1.96. The van der Waals surface area contributed by atoms with E-state index in [2.05, 4.69) is 18.8 Å². The summed E-state index contributed by atoms with van der Waals surface area (Å²) in [6.07, 6.45) is 0.982. The van der Waals surface area contributed by atoms with E-state index in [-0.39, 0.29) is 5.91 Å². The molecule has 2 aromatic carbocycles. The van der Waals surface area contributed by atoms with Crippen LogP contribution in [0.15, 0.2) is 60.7 Å². The maximum Gasteiger partial charge on any atom is 0.255 e. The van der Waals surface area contributed by atoms with E-state index in [1.54, 1.807) is 12.1 Å². The van der Waals surface area contributed by atoms with E-state index in [1.165, 1.54) is 5.56 Å². The lowest BCUT2D eigenvalue weighted by molar-refractivity contribution is 0.102. The molecule has 0 spiro atoms. The Balaban J connectivity index is 2.05. The monoisotopic (exact) mass is 295 g/mol. The summed E-state index contributed by atoms with van der Waals surface area (Å²) < 4.78 is 5.56. The third kappa shape index (κ3) is 4.48. The first kappa shape index (κ1) is 15.8. The second-order valence-corrected chi connectivity index (χ2v) is 5.28. The van der Waals surface area contributed by atoms with E-state index in [0.717, 1.165) is 17.7 Å². The minimum Gasteiger partial charge on any atom is -0.489 e. The Morgan fingerprint density at radius 2 is 1.91 bits per heavy atom. The maximum atomic E-state index is 12.3. The van der Waals surface area contributed by atoms with Gasteiger partial charge < -0.3 is 10.1 Å². The van der Waals surface area contributed by atoms with Crippen molar-refractivity contribution in [3.05, 3.63) is 71.8 Å². The van der Waals surface area contributed by atoms with Crippen LogP contribution in [0.4, 0.5) is 5.69 Å². The molecule has 0 unspecified atom stereocenters. The topological polar surface area (TPSA) is 38.3 Å². The highest BCUT2D eigenvalue weighted by Crippen LogP contribution is 2.16. The van der Waals surface area contributed by atoms with Crippen molar-refractivity contribution in [3.63, 3.8) is 0 Å². The quantitative estimate of drug-likeness (QED) is 0.799. The Bertz CT molecular complexity index is 659. The molecule has 0 saturated carbocycles. The minimum atomic E-state index is -0.148. The van der Waals surface area contributed by atoms with E-state index in [1.807, 2.05) is 43.3 Å². The molecule has 1 N–H and O–H groups in total. The molecule has 1 amide bonds. The second kappa shape index (κ2) is 7.46. The highest BCUT2D eigenvalue weighted by molar-refractivity contribution is 6.04. The second-order valence-electron chi connectivity index (χ2n) is 5.28. The van der Waals surface area contributed by atoms with Crippen molar-refractivity contribution >= 4 is 11.6 Å². The molecule has 0 atom stereocenters. The summed E-state index contributed by atoms with van der Waals surface area (Å²) >= 11 is 0. The molecule has 2 aromatic rings. The number of aryl methyl sites for hydroxylation is 1. The number of carbonyl (C=O) groups is 1. The zero-order valence-corrected chi connectivity index (χ0v) is 13.1. The molecular formula is C19H21NO2. The van der Waals surface area contributed by atoms with E-state index < -0.39 is 0 Å². The molecule has 2 rings (SSSR count). The van der Waals surface area contributed by atoms with E-state index >= 15 is 0 Å². The maximum absolute atomic E-state index is 12.3. The molecule has 0 aliphatic rings. The summed E-state index contributed by atoms with van der Waals surface area (Å²) in [6.45, 7) is 8.24. The van der Waals surface area contributed by atoms with Gasteiger partial charge in [0, 0.05) is 11.3 Å². The minimum absolute atomic E-state index is 0.148. The van der Waals surface area contributed by atoms with Crippen LogP contribution >= 0.6 is 0 Å². The van der Waals surface area contributed by atoms with E-state index in [0.29, 0.717) is 17.9 Å². The number of benzene rings is 2. The van der Waals surface area contributed by atoms with Gasteiger partial charge in [0.15, 0.2) is 0 Å². The van der Waals surface area contributed by atoms with Gasteiger partial charge >= 0.3 is 0 Å². The molecule has 114 valence electrons. The number of hydrogen-bond donors (Lipinski definition) is 1. The molecule has 3 heteroatoms. The van der Waals surface area contributed by atoms with Crippen LogP contribution < -0.4 is 10.1 Å². The Kier molecular flexibility index (Phi) is 5.37. The number of carbonyl (C=O) groups excluding carboxylic acids is 1. The lowest BCUT2D eigenvalue weighted by atomic mass is 10.1. The van der Waals surface area contributed by atoms with Crippen LogP contribution in [0.3, 0.4) is 0 Å². The number of nitrogens with one attached hydrogen (secondary N) is 1. The molecule has 0 radical (unpaired) electrons. The average molecular weight is 295 g/mol. The van der Waals surface area contributed by atoms with Crippen molar-refractivity contribution in [2.75, 3.05) is 11.9 Å². The highest BCUT2D eigenvalue weighted by Gasteiger charge is 2.07. The largest absolute Gasteiger partial charge is 0.489 e. The molecule has 22 heavy (non-hydrogen) atoms. The first-order valence-corrected chi connectivity index (χ1v) is 7.36. The zero-order chi connectivity index (χ0) is 15.9. The SMILES string of the molecule is C=C(C)COc1cccc(C(=O)Nc2ccc(CC)cc2)c1. The molecule has 0 heterocycles. The number of amides is 1. The van der Waals surface area contributed by atoms with Gasteiger partial charge in [-0.25, -0.2) is 0 Å². The Morgan fingerprint density at radius 1 is 1.18 bits per heavy atom. The Labute approximate surface area is 131 Å². The fourth-order valence-electron chi connectivity index (χ4n) is 1.96. The third-order valence-corrected chi connectivity index (χ3v) is 3.20. The first-order chi connectivity index (χ1) is 10.6. The van der Waals surface area contributed by atoms with Gasteiger partial charge in [-0.05, 0) is 54.8 Å². The standard InChI is InChI=1S/C19H21NO2/c1-4-15-8-10-17(11-9-15)20-19(21)16-6-5-7-18(12-16)22-13-14(2)3/h5-12H,2,4,13H2,1,3H3,(H,20,21). The van der Waals surface area contributed by atoms with Gasteiger partial charge in [0.1, 0.15) is 12.4 Å².